The van der Waals surface area contributed by atoms with E-state index in [1.54, 1.807) is 0 Å². The zero-order chi connectivity index (χ0) is 10.4. The molecule has 4 nitrogen and oxygen atoms in total. The molecule has 0 aliphatic heterocycles. The number of hydrogen-bond donors (Lipinski definition) is 2. The van der Waals surface area contributed by atoms with Crippen molar-refractivity contribution in [1.29, 1.82) is 0 Å². The summed E-state index contributed by atoms with van der Waals surface area (Å²) in [6, 6.07) is 0. The summed E-state index contributed by atoms with van der Waals surface area (Å²) in [6.07, 6.45) is 2.54. The first kappa shape index (κ1) is 11.7. The smallest absolute Gasteiger partial charge is 0.342 e. The highest BCUT2D eigenvalue weighted by Gasteiger charge is 2.14. The van der Waals surface area contributed by atoms with Gasteiger partial charge in [-0.15, -0.1) is 0 Å². The predicted octanol–water partition coefficient (Wildman–Crippen LogP) is 1.52. The Kier molecular flexibility index (Phi) is 4.80. The summed E-state index contributed by atoms with van der Waals surface area (Å²) in [5.41, 5.74) is -0.541. The van der Waals surface area contributed by atoms with Crippen LogP contribution in [0.2, 0.25) is 0 Å². The predicted molar refractivity (Wildman–Crippen MR) is 47.4 cm³/mol. The maximum absolute atomic E-state index is 10.4. The van der Waals surface area contributed by atoms with Crippen molar-refractivity contribution < 1.29 is 19.8 Å². The highest BCUT2D eigenvalue weighted by Crippen LogP contribution is 2.06. The lowest BCUT2D eigenvalue weighted by Crippen LogP contribution is -2.11. The molecule has 0 aromatic carbocycles. The second-order valence-corrected chi connectivity index (χ2v) is 3.20. The van der Waals surface area contributed by atoms with E-state index in [-0.39, 0.29) is 0 Å². The molecule has 0 rings (SSSR count). The molecule has 2 N–H and O–H groups in total. The second kappa shape index (κ2) is 5.35. The molecule has 13 heavy (non-hydrogen) atoms. The van der Waals surface area contributed by atoms with Gasteiger partial charge >= 0.3 is 11.9 Å². The van der Waals surface area contributed by atoms with Gasteiger partial charge in [0.15, 0.2) is 0 Å². The van der Waals surface area contributed by atoms with Gasteiger partial charge in [-0.2, -0.15) is 0 Å². The summed E-state index contributed by atoms with van der Waals surface area (Å²) < 4.78 is 0. The van der Waals surface area contributed by atoms with Gasteiger partial charge in [0.2, 0.25) is 0 Å². The number of hydrogen-bond acceptors (Lipinski definition) is 2. The zero-order valence-electron chi connectivity index (χ0n) is 7.78. The summed E-state index contributed by atoms with van der Waals surface area (Å²) >= 11 is 0. The van der Waals surface area contributed by atoms with Crippen LogP contribution in [-0.4, -0.2) is 22.2 Å². The van der Waals surface area contributed by atoms with E-state index < -0.39 is 17.5 Å². The summed E-state index contributed by atoms with van der Waals surface area (Å²) in [6.45, 7) is 3.99. The Balaban J connectivity index is 4.22. The molecule has 0 saturated carbocycles. The van der Waals surface area contributed by atoms with Crippen LogP contribution in [0.15, 0.2) is 11.6 Å². The summed E-state index contributed by atoms with van der Waals surface area (Å²) in [4.78, 5) is 20.7. The van der Waals surface area contributed by atoms with Crippen LogP contribution in [0.4, 0.5) is 0 Å². The lowest BCUT2D eigenvalue weighted by atomic mass is 10.1. The zero-order valence-corrected chi connectivity index (χ0v) is 7.78. The van der Waals surface area contributed by atoms with Crippen LogP contribution in [-0.2, 0) is 9.59 Å². The Morgan fingerprint density at radius 3 is 2.00 bits per heavy atom. The van der Waals surface area contributed by atoms with E-state index in [9.17, 15) is 9.59 Å². The van der Waals surface area contributed by atoms with Gasteiger partial charge in [-0.3, -0.25) is 0 Å². The van der Waals surface area contributed by atoms with Crippen molar-refractivity contribution in [1.82, 2.24) is 0 Å². The average molecular weight is 186 g/mol. The number of rotatable bonds is 5. The van der Waals surface area contributed by atoms with Crippen LogP contribution in [0.25, 0.3) is 0 Å². The third kappa shape index (κ3) is 5.00. The number of carbonyl (C=O) groups is 2. The number of aliphatic carboxylic acids is 2. The van der Waals surface area contributed by atoms with Crippen molar-refractivity contribution in [2.75, 3.05) is 0 Å². The normalized spacial score (nSPS) is 9.77. The number of carboxylic acid groups (broad SMARTS) is 2. The summed E-state index contributed by atoms with van der Waals surface area (Å²) in [5.74, 6) is -2.31. The third-order valence-electron chi connectivity index (χ3n) is 1.55. The van der Waals surface area contributed by atoms with Gasteiger partial charge in [0.25, 0.3) is 0 Å². The highest BCUT2D eigenvalue weighted by atomic mass is 16.4. The van der Waals surface area contributed by atoms with Crippen molar-refractivity contribution in [3.05, 3.63) is 11.6 Å². The van der Waals surface area contributed by atoms with Crippen LogP contribution in [0.5, 0.6) is 0 Å². The molecule has 0 aromatic heterocycles. The van der Waals surface area contributed by atoms with Gasteiger partial charge < -0.3 is 10.2 Å². The van der Waals surface area contributed by atoms with E-state index in [4.69, 9.17) is 10.2 Å². The van der Waals surface area contributed by atoms with Gasteiger partial charge in [0.05, 0.1) is 0 Å². The van der Waals surface area contributed by atoms with Crippen molar-refractivity contribution in [3.8, 4) is 0 Å². The Labute approximate surface area is 76.9 Å². The standard InChI is InChI=1S/C9H14O4/c1-6(2)4-3-5-7(8(10)11)9(12)13/h5-6H,3-4H2,1-2H3,(H,10,11)(H,12,13). The quantitative estimate of drug-likeness (QED) is 0.388. The molecule has 0 saturated heterocycles. The molecule has 0 unspecified atom stereocenters. The largest absolute Gasteiger partial charge is 0.477 e. The second-order valence-electron chi connectivity index (χ2n) is 3.20. The summed E-state index contributed by atoms with van der Waals surface area (Å²) in [5, 5.41) is 16.9. The molecule has 0 aliphatic rings. The van der Waals surface area contributed by atoms with Crippen molar-refractivity contribution >= 4 is 11.9 Å². The van der Waals surface area contributed by atoms with Crippen LogP contribution >= 0.6 is 0 Å². The lowest BCUT2D eigenvalue weighted by molar-refractivity contribution is -0.140. The van der Waals surface area contributed by atoms with Gasteiger partial charge in [0.1, 0.15) is 5.57 Å². The van der Waals surface area contributed by atoms with Crippen molar-refractivity contribution in [2.45, 2.75) is 26.7 Å². The molecule has 0 fully saturated rings. The van der Waals surface area contributed by atoms with Gasteiger partial charge in [0, 0.05) is 0 Å². The Hall–Kier alpha value is -1.32. The van der Waals surface area contributed by atoms with E-state index >= 15 is 0 Å². The fourth-order valence-corrected chi connectivity index (χ4v) is 0.827. The molecule has 0 radical (unpaired) electrons. The minimum Gasteiger partial charge on any atom is -0.477 e. The molecule has 0 atom stereocenters. The first-order chi connectivity index (χ1) is 5.95. The fraction of sp³-hybridized carbons (Fsp3) is 0.556. The van der Waals surface area contributed by atoms with E-state index in [0.29, 0.717) is 12.3 Å². The SMILES string of the molecule is CC(C)CCC=C(C(=O)O)C(=O)O. The van der Waals surface area contributed by atoms with E-state index in [0.717, 1.165) is 6.42 Å². The summed E-state index contributed by atoms with van der Waals surface area (Å²) in [7, 11) is 0. The van der Waals surface area contributed by atoms with E-state index in [2.05, 4.69) is 0 Å². The maximum atomic E-state index is 10.4. The first-order valence-electron chi connectivity index (χ1n) is 4.12. The van der Waals surface area contributed by atoms with Crippen molar-refractivity contribution in [2.24, 2.45) is 5.92 Å². The third-order valence-corrected chi connectivity index (χ3v) is 1.55. The van der Waals surface area contributed by atoms with Crippen LogP contribution in [0, 0.1) is 5.92 Å². The average Bonchev–Trinajstić information content (AvgIpc) is 1.95. The molecular weight excluding hydrogens is 172 g/mol. The van der Waals surface area contributed by atoms with Crippen LogP contribution in [0.3, 0.4) is 0 Å². The van der Waals surface area contributed by atoms with E-state index in [1.807, 2.05) is 13.8 Å². The van der Waals surface area contributed by atoms with E-state index in [1.165, 1.54) is 6.08 Å². The molecule has 0 heterocycles. The highest BCUT2D eigenvalue weighted by molar-refractivity contribution is 6.12. The lowest BCUT2D eigenvalue weighted by Gasteiger charge is -2.00. The molecular formula is C9H14O4. The Morgan fingerprint density at radius 1 is 1.23 bits per heavy atom. The monoisotopic (exact) mass is 186 g/mol. The minimum absolute atomic E-state index is 0.445. The Morgan fingerprint density at radius 2 is 1.69 bits per heavy atom. The van der Waals surface area contributed by atoms with Crippen LogP contribution < -0.4 is 0 Å². The van der Waals surface area contributed by atoms with Crippen molar-refractivity contribution in [3.63, 3.8) is 0 Å². The molecule has 0 aromatic rings. The molecule has 0 spiro atoms. The molecule has 0 amide bonds. The molecule has 0 aliphatic carbocycles. The fourth-order valence-electron chi connectivity index (χ4n) is 0.827. The minimum atomic E-state index is -1.38. The van der Waals surface area contributed by atoms with Gasteiger partial charge in [-0.05, 0) is 18.8 Å². The maximum Gasteiger partial charge on any atom is 0.342 e. The molecule has 4 heteroatoms. The molecule has 74 valence electrons. The Bertz CT molecular complexity index is 212. The first-order valence-corrected chi connectivity index (χ1v) is 4.12. The van der Waals surface area contributed by atoms with Gasteiger partial charge in [-0.25, -0.2) is 9.59 Å². The van der Waals surface area contributed by atoms with Gasteiger partial charge in [-0.1, -0.05) is 19.9 Å². The molecule has 0 bridgehead atoms. The number of allylic oxidation sites excluding steroid dienone is 1. The number of carboxylic acids is 2. The topological polar surface area (TPSA) is 74.6 Å². The van der Waals surface area contributed by atoms with Crippen LogP contribution in [0.1, 0.15) is 26.7 Å².